The standard InChI is InChI=1S/C44H53N2O8P/c1-5-7-24-52-55(51,53-25-8-6-2)54-31-46(39-20-15-23-45-32(39)3)41(48)34-21-22-38-37(26-34)40(47)27-36-29-44(50,35-18-13-10-14-19-35)42(4,49)30-43(36,38)28-33-16-11-9-12-17-33/h9-23,26,36,49-50H,5-8,24-25,27-31H2,1-4H3/t36-,42-,43-,44-/m1/s1. The molecule has 0 radical (unpaired) electrons. The maximum atomic E-state index is 14.6. The summed E-state index contributed by atoms with van der Waals surface area (Å²) < 4.78 is 31.0. The van der Waals surface area contributed by atoms with Crippen molar-refractivity contribution in [3.05, 3.63) is 131 Å². The number of phosphoric ester groups is 1. The van der Waals surface area contributed by atoms with Gasteiger partial charge in [-0.2, -0.15) is 0 Å². The number of amides is 1. The molecule has 1 heterocycles. The average Bonchev–Trinajstić information content (AvgIpc) is 3.17. The van der Waals surface area contributed by atoms with Crippen molar-refractivity contribution in [1.29, 1.82) is 0 Å². The summed E-state index contributed by atoms with van der Waals surface area (Å²) >= 11 is 0. The van der Waals surface area contributed by atoms with Crippen LogP contribution in [0.4, 0.5) is 5.69 Å². The smallest absolute Gasteiger partial charge is 0.387 e. The van der Waals surface area contributed by atoms with Gasteiger partial charge in [0.25, 0.3) is 5.91 Å². The van der Waals surface area contributed by atoms with Crippen molar-refractivity contribution >= 4 is 25.2 Å². The van der Waals surface area contributed by atoms with E-state index in [1.165, 1.54) is 4.90 Å². The van der Waals surface area contributed by atoms with Crippen LogP contribution in [0, 0.1) is 12.8 Å². The Hall–Kier alpha value is -4.02. The van der Waals surface area contributed by atoms with Gasteiger partial charge >= 0.3 is 7.82 Å². The number of pyridine rings is 1. The number of fused-ring (bicyclic) bond motifs is 3. The molecule has 0 unspecified atom stereocenters. The molecule has 10 nitrogen and oxygen atoms in total. The minimum Gasteiger partial charge on any atom is -0.387 e. The third-order valence-corrected chi connectivity index (χ3v) is 12.8. The third kappa shape index (κ3) is 8.41. The molecule has 6 rings (SSSR count). The molecule has 0 saturated heterocycles. The van der Waals surface area contributed by atoms with Crippen molar-refractivity contribution in [2.75, 3.05) is 24.8 Å². The van der Waals surface area contributed by atoms with E-state index in [2.05, 4.69) is 4.98 Å². The number of rotatable bonds is 16. The number of anilines is 1. The molecule has 1 aromatic heterocycles. The molecule has 2 N–H and O–H groups in total. The second-order valence-corrected chi connectivity index (χ2v) is 16.9. The van der Waals surface area contributed by atoms with E-state index in [4.69, 9.17) is 13.6 Å². The SMILES string of the molecule is CCCCOP(=O)(OCCCC)OCN(C(=O)c1ccc2c(c1)C(=O)C[C@@H]1C[C@@](O)(c3ccccc3)[C@](C)(O)C[C@@]21Cc1ccccc1)c1cccnc1C. The van der Waals surface area contributed by atoms with Crippen LogP contribution in [-0.2, 0) is 35.6 Å². The molecule has 2 aliphatic rings. The van der Waals surface area contributed by atoms with Gasteiger partial charge in [-0.3, -0.25) is 33.0 Å². The Labute approximate surface area is 324 Å². The number of carbonyl (C=O) groups is 2. The van der Waals surface area contributed by atoms with Crippen LogP contribution in [0.1, 0.15) is 109 Å². The van der Waals surface area contributed by atoms with Crippen LogP contribution < -0.4 is 4.90 Å². The van der Waals surface area contributed by atoms with E-state index in [9.17, 15) is 24.4 Å². The zero-order valence-electron chi connectivity index (χ0n) is 32.3. The summed E-state index contributed by atoms with van der Waals surface area (Å²) in [5, 5.41) is 24.6. The first-order valence-electron chi connectivity index (χ1n) is 19.4. The fourth-order valence-electron chi connectivity index (χ4n) is 8.38. The largest absolute Gasteiger partial charge is 0.476 e. The van der Waals surface area contributed by atoms with Crippen molar-refractivity contribution < 1.29 is 37.9 Å². The Morgan fingerprint density at radius 1 is 0.909 bits per heavy atom. The quantitative estimate of drug-likeness (QED) is 0.0651. The number of carbonyl (C=O) groups excluding carboxylic acids is 2. The van der Waals surface area contributed by atoms with Crippen molar-refractivity contribution in [2.45, 2.75) is 95.7 Å². The Bertz CT molecular complexity index is 1990. The summed E-state index contributed by atoms with van der Waals surface area (Å²) in [6.07, 6.45) is 5.59. The van der Waals surface area contributed by atoms with Crippen LogP contribution >= 0.6 is 7.82 Å². The van der Waals surface area contributed by atoms with E-state index < -0.39 is 37.1 Å². The van der Waals surface area contributed by atoms with Crippen molar-refractivity contribution in [3.8, 4) is 0 Å². The number of phosphoric acid groups is 1. The lowest BCUT2D eigenvalue weighted by Crippen LogP contribution is -2.63. The molecule has 0 spiro atoms. The molecule has 1 fully saturated rings. The van der Waals surface area contributed by atoms with Crippen LogP contribution in [0.15, 0.2) is 97.2 Å². The molecular weight excluding hydrogens is 715 g/mol. The number of aromatic nitrogens is 1. The van der Waals surface area contributed by atoms with Gasteiger partial charge in [0.05, 0.1) is 30.2 Å². The summed E-state index contributed by atoms with van der Waals surface area (Å²) in [6.45, 7) is 7.33. The molecule has 4 atom stereocenters. The average molecular weight is 769 g/mol. The molecule has 2 aliphatic carbocycles. The van der Waals surface area contributed by atoms with Gasteiger partial charge in [-0.1, -0.05) is 93.4 Å². The maximum absolute atomic E-state index is 14.6. The molecule has 3 aromatic carbocycles. The number of Topliss-reactive ketones (excluding diaryl/α,β-unsaturated/α-hetero) is 1. The van der Waals surface area contributed by atoms with Crippen molar-refractivity contribution in [1.82, 2.24) is 4.98 Å². The number of unbranched alkanes of at least 4 members (excludes halogenated alkanes) is 2. The van der Waals surface area contributed by atoms with Crippen molar-refractivity contribution in [2.24, 2.45) is 5.92 Å². The highest BCUT2D eigenvalue weighted by atomic mass is 31.2. The summed E-state index contributed by atoms with van der Waals surface area (Å²) in [6, 6.07) is 27.8. The lowest BCUT2D eigenvalue weighted by Gasteiger charge is -2.59. The summed E-state index contributed by atoms with van der Waals surface area (Å²) in [7, 11) is -4.05. The van der Waals surface area contributed by atoms with E-state index in [-0.39, 0.29) is 49.7 Å². The molecule has 0 bridgehead atoms. The molecule has 4 aromatic rings. The predicted molar refractivity (Wildman–Crippen MR) is 212 cm³/mol. The first-order chi connectivity index (χ1) is 26.4. The summed E-state index contributed by atoms with van der Waals surface area (Å²) in [4.78, 5) is 34.6. The van der Waals surface area contributed by atoms with E-state index >= 15 is 0 Å². The van der Waals surface area contributed by atoms with Gasteiger partial charge in [-0.25, -0.2) is 4.57 Å². The van der Waals surface area contributed by atoms with Crippen LogP contribution in [0.3, 0.4) is 0 Å². The van der Waals surface area contributed by atoms with Crippen LogP contribution in [-0.4, -0.2) is 52.4 Å². The molecule has 1 saturated carbocycles. The summed E-state index contributed by atoms with van der Waals surface area (Å²) in [5.41, 5.74) is 0.104. The van der Waals surface area contributed by atoms with Gasteiger partial charge in [-0.05, 0) is 92.8 Å². The second-order valence-electron chi connectivity index (χ2n) is 15.2. The lowest BCUT2D eigenvalue weighted by molar-refractivity contribution is -0.203. The van der Waals surface area contributed by atoms with Gasteiger partial charge in [0, 0.05) is 29.2 Å². The topological polar surface area (TPSA) is 135 Å². The van der Waals surface area contributed by atoms with Crippen LogP contribution in [0.25, 0.3) is 0 Å². The highest BCUT2D eigenvalue weighted by Crippen LogP contribution is 2.60. The normalized spacial score (nSPS) is 23.5. The van der Waals surface area contributed by atoms with E-state index in [0.29, 0.717) is 41.8 Å². The van der Waals surface area contributed by atoms with Gasteiger partial charge in [0.15, 0.2) is 5.78 Å². The Kier molecular flexibility index (Phi) is 12.6. The van der Waals surface area contributed by atoms with E-state index in [1.807, 2.05) is 80.6 Å². The highest BCUT2D eigenvalue weighted by molar-refractivity contribution is 7.48. The Morgan fingerprint density at radius 2 is 1.56 bits per heavy atom. The fraction of sp³-hybridized carbons (Fsp3) is 0.432. The molecule has 292 valence electrons. The van der Waals surface area contributed by atoms with Crippen LogP contribution in [0.2, 0.25) is 0 Å². The third-order valence-electron chi connectivity index (χ3n) is 11.4. The minimum atomic E-state index is -4.05. The molecule has 0 aliphatic heterocycles. The number of aryl methyl sites for hydroxylation is 1. The second kappa shape index (κ2) is 17.0. The van der Waals surface area contributed by atoms with Gasteiger partial charge < -0.3 is 10.2 Å². The summed E-state index contributed by atoms with van der Waals surface area (Å²) in [5.74, 6) is -0.945. The monoisotopic (exact) mass is 768 g/mol. The lowest BCUT2D eigenvalue weighted by atomic mass is 9.48. The first kappa shape index (κ1) is 40.6. The zero-order valence-corrected chi connectivity index (χ0v) is 33.2. The van der Waals surface area contributed by atoms with Crippen LogP contribution in [0.5, 0.6) is 0 Å². The van der Waals surface area contributed by atoms with E-state index in [0.717, 1.165) is 24.0 Å². The van der Waals surface area contributed by atoms with Gasteiger partial charge in [0.1, 0.15) is 12.3 Å². The van der Waals surface area contributed by atoms with Gasteiger partial charge in [0.2, 0.25) is 0 Å². The Balaban J connectivity index is 1.39. The predicted octanol–water partition coefficient (Wildman–Crippen LogP) is 8.87. The number of aliphatic hydroxyl groups is 2. The first-order valence-corrected chi connectivity index (χ1v) is 20.8. The van der Waals surface area contributed by atoms with Gasteiger partial charge in [-0.15, -0.1) is 0 Å². The fourth-order valence-corrected chi connectivity index (χ4v) is 9.56. The number of hydrogen-bond donors (Lipinski definition) is 2. The maximum Gasteiger partial charge on any atom is 0.476 e. The Morgan fingerprint density at radius 3 is 2.20 bits per heavy atom. The molecule has 11 heteroatoms. The highest BCUT2D eigenvalue weighted by Gasteiger charge is 2.62. The van der Waals surface area contributed by atoms with Crippen molar-refractivity contribution in [3.63, 3.8) is 0 Å². The number of benzene rings is 3. The molecule has 1 amide bonds. The number of nitrogens with zero attached hydrogens (tertiary/aromatic N) is 2. The number of hydrogen-bond acceptors (Lipinski definition) is 9. The van der Waals surface area contributed by atoms with E-state index in [1.54, 1.807) is 44.3 Å². The molecule has 55 heavy (non-hydrogen) atoms. The molecular formula is C44H53N2O8P. The zero-order chi connectivity index (χ0) is 39.3. The number of ketones is 1. The minimum absolute atomic E-state index is 0.130.